The lowest BCUT2D eigenvalue weighted by atomic mass is 10.1. The van der Waals surface area contributed by atoms with Gasteiger partial charge in [0.15, 0.2) is 0 Å². The van der Waals surface area contributed by atoms with E-state index in [1.165, 1.54) is 0 Å². The first-order valence-corrected chi connectivity index (χ1v) is 3.81. The summed E-state index contributed by atoms with van der Waals surface area (Å²) < 4.78 is 4.87. The van der Waals surface area contributed by atoms with Crippen molar-refractivity contribution in [2.24, 2.45) is 0 Å². The molecule has 1 aromatic rings. The highest BCUT2D eigenvalue weighted by Crippen LogP contribution is 2.18. The van der Waals surface area contributed by atoms with Crippen LogP contribution in [0.5, 0.6) is 0 Å². The summed E-state index contributed by atoms with van der Waals surface area (Å²) in [6.07, 6.45) is 1.86. The molecule has 0 fully saturated rings. The van der Waals surface area contributed by atoms with Crippen molar-refractivity contribution in [1.29, 1.82) is 0 Å². The van der Waals surface area contributed by atoms with Crippen molar-refractivity contribution in [2.45, 2.75) is 12.8 Å². The Morgan fingerprint density at radius 2 is 2.18 bits per heavy atom. The minimum atomic E-state index is 0.490. The monoisotopic (exact) mass is 153 g/mol. The molecule has 0 atom stereocenters. The summed E-state index contributed by atoms with van der Waals surface area (Å²) in [6.45, 7) is 1.94. The molecule has 0 spiro atoms. The van der Waals surface area contributed by atoms with Crippen LogP contribution in [-0.2, 0) is 12.8 Å². The number of nitrogens with zero attached hydrogens (tertiary/aromatic N) is 1. The van der Waals surface area contributed by atoms with E-state index in [-0.39, 0.29) is 0 Å². The molecule has 4 nitrogen and oxygen atoms in total. The van der Waals surface area contributed by atoms with E-state index >= 15 is 0 Å². The van der Waals surface area contributed by atoms with Gasteiger partial charge >= 0.3 is 0 Å². The van der Waals surface area contributed by atoms with Gasteiger partial charge in [-0.25, -0.2) is 0 Å². The molecule has 1 aromatic heterocycles. The van der Waals surface area contributed by atoms with Crippen LogP contribution < -0.4 is 11.1 Å². The van der Waals surface area contributed by atoms with Gasteiger partial charge < -0.3 is 15.6 Å². The van der Waals surface area contributed by atoms with Crippen LogP contribution in [0.15, 0.2) is 4.52 Å². The molecule has 0 aromatic carbocycles. The van der Waals surface area contributed by atoms with Gasteiger partial charge in [-0.3, -0.25) is 0 Å². The van der Waals surface area contributed by atoms with Gasteiger partial charge in [0, 0.05) is 18.5 Å². The van der Waals surface area contributed by atoms with Crippen molar-refractivity contribution in [3.63, 3.8) is 0 Å². The zero-order valence-electron chi connectivity index (χ0n) is 6.26. The number of nitrogens with two attached hydrogens (primary N) is 1. The van der Waals surface area contributed by atoms with Crippen LogP contribution in [0.2, 0.25) is 0 Å². The van der Waals surface area contributed by atoms with E-state index in [0.717, 1.165) is 37.2 Å². The molecule has 1 aliphatic rings. The van der Waals surface area contributed by atoms with Crippen LogP contribution in [0, 0.1) is 0 Å². The van der Waals surface area contributed by atoms with E-state index in [9.17, 15) is 0 Å². The Labute approximate surface area is 64.7 Å². The molecule has 0 radical (unpaired) electrons. The Hall–Kier alpha value is -1.03. The standard InChI is InChI=1S/C7H11N3O/c8-7-5-1-3-9-4-2-6(5)10-11-7/h9H,1-4,8H2. The normalized spacial score (nSPS) is 17.5. The molecule has 2 rings (SSSR count). The lowest BCUT2D eigenvalue weighted by molar-refractivity contribution is 0.425. The van der Waals surface area contributed by atoms with E-state index in [0.29, 0.717) is 5.88 Å². The van der Waals surface area contributed by atoms with Gasteiger partial charge in [0.1, 0.15) is 0 Å². The Morgan fingerprint density at radius 3 is 3.09 bits per heavy atom. The van der Waals surface area contributed by atoms with Crippen molar-refractivity contribution in [3.8, 4) is 0 Å². The molecule has 1 aliphatic heterocycles. The maximum atomic E-state index is 5.57. The fourth-order valence-electron chi connectivity index (χ4n) is 1.37. The van der Waals surface area contributed by atoms with E-state index in [4.69, 9.17) is 10.3 Å². The van der Waals surface area contributed by atoms with Crippen molar-refractivity contribution in [3.05, 3.63) is 11.3 Å². The summed E-state index contributed by atoms with van der Waals surface area (Å²) in [5.41, 5.74) is 7.69. The quantitative estimate of drug-likeness (QED) is 0.548. The lowest BCUT2D eigenvalue weighted by Gasteiger charge is -1.94. The first-order valence-electron chi connectivity index (χ1n) is 3.81. The highest BCUT2D eigenvalue weighted by Gasteiger charge is 2.14. The van der Waals surface area contributed by atoms with Crippen molar-refractivity contribution in [2.75, 3.05) is 18.8 Å². The molecule has 4 heteroatoms. The van der Waals surface area contributed by atoms with Crippen LogP contribution in [0.4, 0.5) is 5.88 Å². The number of nitrogen functional groups attached to an aromatic ring is 1. The van der Waals surface area contributed by atoms with E-state index in [2.05, 4.69) is 10.5 Å². The fourth-order valence-corrected chi connectivity index (χ4v) is 1.37. The predicted octanol–water partition coefficient (Wildman–Crippen LogP) is -0.0550. The van der Waals surface area contributed by atoms with Gasteiger partial charge in [-0.15, -0.1) is 0 Å². The molecule has 2 heterocycles. The van der Waals surface area contributed by atoms with Gasteiger partial charge in [-0.05, 0) is 13.0 Å². The molecule has 0 saturated heterocycles. The first kappa shape index (κ1) is 6.67. The number of hydrogen-bond acceptors (Lipinski definition) is 4. The zero-order valence-corrected chi connectivity index (χ0v) is 6.26. The Balaban J connectivity index is 2.35. The number of hydrogen-bond donors (Lipinski definition) is 2. The average Bonchev–Trinajstić information content (AvgIpc) is 2.25. The number of anilines is 1. The highest BCUT2D eigenvalue weighted by atomic mass is 16.5. The molecule has 60 valence electrons. The summed E-state index contributed by atoms with van der Waals surface area (Å²) in [7, 11) is 0. The topological polar surface area (TPSA) is 64.1 Å². The second kappa shape index (κ2) is 2.54. The number of rotatable bonds is 0. The van der Waals surface area contributed by atoms with Crippen molar-refractivity contribution < 1.29 is 4.52 Å². The minimum absolute atomic E-state index is 0.490. The number of fused-ring (bicyclic) bond motifs is 1. The maximum absolute atomic E-state index is 5.57. The molecule has 0 bridgehead atoms. The summed E-state index contributed by atoms with van der Waals surface area (Å²) in [5, 5.41) is 7.15. The smallest absolute Gasteiger partial charge is 0.225 e. The molecule has 0 saturated carbocycles. The van der Waals surface area contributed by atoms with Gasteiger partial charge in [0.05, 0.1) is 5.69 Å². The van der Waals surface area contributed by atoms with Gasteiger partial charge in [0.25, 0.3) is 0 Å². The van der Waals surface area contributed by atoms with E-state index < -0.39 is 0 Å². The van der Waals surface area contributed by atoms with Crippen LogP contribution in [0.25, 0.3) is 0 Å². The van der Waals surface area contributed by atoms with Crippen LogP contribution >= 0.6 is 0 Å². The van der Waals surface area contributed by atoms with E-state index in [1.807, 2.05) is 0 Å². The first-order chi connectivity index (χ1) is 5.38. The fraction of sp³-hybridized carbons (Fsp3) is 0.571. The Kier molecular flexibility index (Phi) is 1.54. The molecule has 3 N–H and O–H groups in total. The molecule has 0 unspecified atom stereocenters. The molecule has 0 amide bonds. The largest absolute Gasteiger partial charge is 0.367 e. The Morgan fingerprint density at radius 1 is 1.36 bits per heavy atom. The van der Waals surface area contributed by atoms with Crippen LogP contribution in [0.1, 0.15) is 11.3 Å². The van der Waals surface area contributed by atoms with Gasteiger partial charge in [0.2, 0.25) is 5.88 Å². The number of nitrogens with one attached hydrogen (secondary N) is 1. The second-order valence-corrected chi connectivity index (χ2v) is 2.72. The van der Waals surface area contributed by atoms with Crippen LogP contribution in [-0.4, -0.2) is 18.2 Å². The molecular formula is C7H11N3O. The molecular weight excluding hydrogens is 142 g/mol. The maximum Gasteiger partial charge on any atom is 0.225 e. The number of aromatic nitrogens is 1. The molecule has 0 aliphatic carbocycles. The third kappa shape index (κ3) is 1.09. The lowest BCUT2D eigenvalue weighted by Crippen LogP contribution is -2.16. The SMILES string of the molecule is Nc1onc2c1CCNCC2. The average molecular weight is 153 g/mol. The van der Waals surface area contributed by atoms with Crippen molar-refractivity contribution >= 4 is 5.88 Å². The van der Waals surface area contributed by atoms with Gasteiger partial charge in [-0.1, -0.05) is 5.16 Å². The van der Waals surface area contributed by atoms with Crippen molar-refractivity contribution in [1.82, 2.24) is 10.5 Å². The highest BCUT2D eigenvalue weighted by molar-refractivity contribution is 5.39. The third-order valence-corrected chi connectivity index (χ3v) is 1.99. The van der Waals surface area contributed by atoms with E-state index in [1.54, 1.807) is 0 Å². The summed E-state index contributed by atoms with van der Waals surface area (Å²) in [4.78, 5) is 0. The zero-order chi connectivity index (χ0) is 7.68. The third-order valence-electron chi connectivity index (χ3n) is 1.99. The minimum Gasteiger partial charge on any atom is -0.367 e. The van der Waals surface area contributed by atoms with Crippen LogP contribution in [0.3, 0.4) is 0 Å². The summed E-state index contributed by atoms with van der Waals surface area (Å²) in [5.74, 6) is 0.490. The molecule has 11 heavy (non-hydrogen) atoms. The second-order valence-electron chi connectivity index (χ2n) is 2.72. The Bertz CT molecular complexity index is 256. The summed E-state index contributed by atoms with van der Waals surface area (Å²) in [6, 6.07) is 0. The van der Waals surface area contributed by atoms with Gasteiger partial charge in [-0.2, -0.15) is 0 Å². The predicted molar refractivity (Wildman–Crippen MR) is 41.2 cm³/mol. The summed E-state index contributed by atoms with van der Waals surface area (Å²) >= 11 is 0.